The Bertz CT molecular complexity index is 388. The number of aliphatic carboxylic acids is 1. The van der Waals surface area contributed by atoms with Gasteiger partial charge < -0.3 is 10.0 Å². The highest BCUT2D eigenvalue weighted by Crippen LogP contribution is 2.28. The van der Waals surface area contributed by atoms with Crippen LogP contribution >= 0.6 is 11.3 Å². The second-order valence-corrected chi connectivity index (χ2v) is 4.78. The summed E-state index contributed by atoms with van der Waals surface area (Å²) in [5.74, 6) is -0.996. The number of hydrogen-bond donors (Lipinski definition) is 1. The zero-order valence-electron chi connectivity index (χ0n) is 8.76. The van der Waals surface area contributed by atoms with Crippen molar-refractivity contribution in [2.75, 3.05) is 6.54 Å². The third-order valence-electron chi connectivity index (χ3n) is 2.72. The molecule has 1 N–H and O–H groups in total. The van der Waals surface area contributed by atoms with Crippen LogP contribution in [-0.2, 0) is 9.59 Å². The molecule has 1 unspecified atom stereocenters. The van der Waals surface area contributed by atoms with Crippen LogP contribution in [0, 0.1) is 0 Å². The van der Waals surface area contributed by atoms with Gasteiger partial charge in [-0.2, -0.15) is 0 Å². The first kappa shape index (κ1) is 11.1. The monoisotopic (exact) mass is 239 g/mol. The standard InChI is InChI=1S/C11H13NO3S/c13-9-5-1-2-6-12(9)10(11(14)15)8-4-3-7-16-8/h3-4,7,10H,1-2,5-6H2,(H,14,15). The number of carbonyl (C=O) groups excluding carboxylic acids is 1. The first-order valence-electron chi connectivity index (χ1n) is 5.26. The number of carboxylic acids is 1. The fraction of sp³-hybridized carbons (Fsp3) is 0.455. The van der Waals surface area contributed by atoms with E-state index in [2.05, 4.69) is 0 Å². The van der Waals surface area contributed by atoms with Crippen molar-refractivity contribution in [2.45, 2.75) is 25.3 Å². The number of piperidine rings is 1. The highest BCUT2D eigenvalue weighted by molar-refractivity contribution is 7.10. The Balaban J connectivity index is 2.25. The summed E-state index contributed by atoms with van der Waals surface area (Å²) in [5.41, 5.74) is 0. The number of hydrogen-bond acceptors (Lipinski definition) is 3. The Hall–Kier alpha value is -1.36. The lowest BCUT2D eigenvalue weighted by Crippen LogP contribution is -2.41. The number of thiophene rings is 1. The fourth-order valence-electron chi connectivity index (χ4n) is 1.96. The summed E-state index contributed by atoms with van der Waals surface area (Å²) >= 11 is 1.38. The molecule has 5 heteroatoms. The van der Waals surface area contributed by atoms with Crippen molar-refractivity contribution in [1.29, 1.82) is 0 Å². The smallest absolute Gasteiger partial charge is 0.331 e. The van der Waals surface area contributed by atoms with E-state index in [1.807, 2.05) is 11.4 Å². The number of nitrogens with zero attached hydrogens (tertiary/aromatic N) is 1. The number of rotatable bonds is 3. The van der Waals surface area contributed by atoms with Gasteiger partial charge in [0.05, 0.1) is 0 Å². The molecule has 2 heterocycles. The molecule has 0 saturated carbocycles. The van der Waals surface area contributed by atoms with Crippen LogP contribution < -0.4 is 0 Å². The van der Waals surface area contributed by atoms with E-state index in [9.17, 15) is 14.7 Å². The van der Waals surface area contributed by atoms with E-state index in [4.69, 9.17) is 0 Å². The topological polar surface area (TPSA) is 57.6 Å². The Morgan fingerprint density at radius 1 is 1.50 bits per heavy atom. The summed E-state index contributed by atoms with van der Waals surface area (Å²) in [6.45, 7) is 0.549. The first-order chi connectivity index (χ1) is 7.70. The summed E-state index contributed by atoms with van der Waals surface area (Å²) in [6.07, 6.45) is 2.22. The number of carbonyl (C=O) groups is 2. The Morgan fingerprint density at radius 3 is 2.88 bits per heavy atom. The van der Waals surface area contributed by atoms with Crippen molar-refractivity contribution in [2.24, 2.45) is 0 Å². The van der Waals surface area contributed by atoms with Crippen molar-refractivity contribution < 1.29 is 14.7 Å². The quantitative estimate of drug-likeness (QED) is 0.876. The average molecular weight is 239 g/mol. The molecule has 86 valence electrons. The molecule has 16 heavy (non-hydrogen) atoms. The molecular formula is C11H13NO3S. The van der Waals surface area contributed by atoms with Gasteiger partial charge >= 0.3 is 5.97 Å². The third kappa shape index (κ3) is 2.09. The second-order valence-electron chi connectivity index (χ2n) is 3.80. The molecule has 1 fully saturated rings. The molecule has 1 aliphatic heterocycles. The predicted octanol–water partition coefficient (Wildman–Crippen LogP) is 1.89. The number of amides is 1. The zero-order chi connectivity index (χ0) is 11.5. The Labute approximate surface area is 97.5 Å². The molecule has 2 rings (SSSR count). The molecule has 0 spiro atoms. The lowest BCUT2D eigenvalue weighted by Gasteiger charge is -2.31. The van der Waals surface area contributed by atoms with Crippen molar-refractivity contribution in [3.8, 4) is 0 Å². The minimum Gasteiger partial charge on any atom is -0.479 e. The summed E-state index contributed by atoms with van der Waals surface area (Å²) in [6, 6.07) is 2.78. The third-order valence-corrected chi connectivity index (χ3v) is 3.64. The first-order valence-corrected chi connectivity index (χ1v) is 6.14. The molecule has 1 aromatic heterocycles. The van der Waals surface area contributed by atoms with Crippen LogP contribution in [0.3, 0.4) is 0 Å². The van der Waals surface area contributed by atoms with Gasteiger partial charge in [-0.25, -0.2) is 4.79 Å². The average Bonchev–Trinajstić information content (AvgIpc) is 2.74. The molecule has 0 aromatic carbocycles. The van der Waals surface area contributed by atoms with Gasteiger partial charge in [0, 0.05) is 17.8 Å². The normalized spacial score (nSPS) is 18.5. The van der Waals surface area contributed by atoms with Crippen LogP contribution in [0.2, 0.25) is 0 Å². The van der Waals surface area contributed by atoms with Crippen LogP contribution in [0.1, 0.15) is 30.2 Å². The van der Waals surface area contributed by atoms with Gasteiger partial charge in [-0.05, 0) is 24.3 Å². The van der Waals surface area contributed by atoms with Crippen molar-refractivity contribution >= 4 is 23.2 Å². The maximum atomic E-state index is 11.7. The number of carboxylic acid groups (broad SMARTS) is 1. The van der Waals surface area contributed by atoms with Gasteiger partial charge in [-0.15, -0.1) is 11.3 Å². The molecule has 0 bridgehead atoms. The van der Waals surface area contributed by atoms with Crippen LogP contribution in [0.15, 0.2) is 17.5 Å². The van der Waals surface area contributed by atoms with Crippen molar-refractivity contribution in [3.63, 3.8) is 0 Å². The van der Waals surface area contributed by atoms with Gasteiger partial charge in [-0.3, -0.25) is 4.79 Å². The van der Waals surface area contributed by atoms with Crippen LogP contribution in [-0.4, -0.2) is 28.4 Å². The van der Waals surface area contributed by atoms with Crippen LogP contribution in [0.25, 0.3) is 0 Å². The van der Waals surface area contributed by atoms with E-state index in [0.29, 0.717) is 13.0 Å². The lowest BCUT2D eigenvalue weighted by atomic mass is 10.1. The SMILES string of the molecule is O=C(O)C(c1cccs1)N1CCCCC1=O. The van der Waals surface area contributed by atoms with Crippen molar-refractivity contribution in [3.05, 3.63) is 22.4 Å². The molecular weight excluding hydrogens is 226 g/mol. The highest BCUT2D eigenvalue weighted by Gasteiger charge is 2.32. The second kappa shape index (κ2) is 4.65. The highest BCUT2D eigenvalue weighted by atomic mass is 32.1. The minimum atomic E-state index is -0.947. The summed E-state index contributed by atoms with van der Waals surface area (Å²) in [4.78, 5) is 25.2. The summed E-state index contributed by atoms with van der Waals surface area (Å²) < 4.78 is 0. The Morgan fingerprint density at radius 2 is 2.31 bits per heavy atom. The zero-order valence-corrected chi connectivity index (χ0v) is 9.57. The van der Waals surface area contributed by atoms with E-state index in [1.54, 1.807) is 6.07 Å². The van der Waals surface area contributed by atoms with E-state index in [-0.39, 0.29) is 5.91 Å². The maximum absolute atomic E-state index is 11.7. The molecule has 1 aromatic rings. The Kier molecular flexibility index (Phi) is 3.24. The van der Waals surface area contributed by atoms with Gasteiger partial charge in [0.1, 0.15) is 0 Å². The van der Waals surface area contributed by atoms with Gasteiger partial charge in [-0.1, -0.05) is 6.07 Å². The number of likely N-dealkylation sites (tertiary alicyclic amines) is 1. The molecule has 0 aliphatic carbocycles. The molecule has 1 aliphatic rings. The van der Waals surface area contributed by atoms with Crippen LogP contribution in [0.5, 0.6) is 0 Å². The fourth-order valence-corrected chi connectivity index (χ4v) is 2.78. The predicted molar refractivity (Wildman–Crippen MR) is 60.3 cm³/mol. The maximum Gasteiger partial charge on any atom is 0.331 e. The largest absolute Gasteiger partial charge is 0.479 e. The molecule has 1 saturated heterocycles. The summed E-state index contributed by atoms with van der Waals surface area (Å²) in [5, 5.41) is 11.1. The molecule has 1 atom stereocenters. The lowest BCUT2D eigenvalue weighted by molar-refractivity contribution is -0.151. The van der Waals surface area contributed by atoms with E-state index in [0.717, 1.165) is 17.7 Å². The van der Waals surface area contributed by atoms with Crippen molar-refractivity contribution in [1.82, 2.24) is 4.90 Å². The van der Waals surface area contributed by atoms with Gasteiger partial charge in [0.25, 0.3) is 0 Å². The minimum absolute atomic E-state index is 0.0490. The van der Waals surface area contributed by atoms with E-state index < -0.39 is 12.0 Å². The van der Waals surface area contributed by atoms with E-state index in [1.165, 1.54) is 16.2 Å². The molecule has 0 radical (unpaired) electrons. The van der Waals surface area contributed by atoms with Gasteiger partial charge in [0.15, 0.2) is 6.04 Å². The van der Waals surface area contributed by atoms with E-state index >= 15 is 0 Å². The molecule has 1 amide bonds. The van der Waals surface area contributed by atoms with Gasteiger partial charge in [0.2, 0.25) is 5.91 Å². The molecule has 4 nitrogen and oxygen atoms in total. The summed E-state index contributed by atoms with van der Waals surface area (Å²) in [7, 11) is 0. The van der Waals surface area contributed by atoms with Crippen LogP contribution in [0.4, 0.5) is 0 Å².